The predicted molar refractivity (Wildman–Crippen MR) is 82.9 cm³/mol. The lowest BCUT2D eigenvalue weighted by molar-refractivity contribution is 0.338. The molecule has 0 aliphatic heterocycles. The van der Waals surface area contributed by atoms with Gasteiger partial charge in [0, 0.05) is 24.0 Å². The molecule has 104 valence electrons. The van der Waals surface area contributed by atoms with Crippen molar-refractivity contribution in [1.29, 1.82) is 0 Å². The van der Waals surface area contributed by atoms with Crippen molar-refractivity contribution in [3.05, 3.63) is 49.1 Å². The maximum atomic E-state index is 5.95. The minimum absolute atomic E-state index is 0.430. The Hall–Kier alpha value is -1.12. The third kappa shape index (κ3) is 4.19. The third-order valence-corrected chi connectivity index (χ3v) is 4.18. The van der Waals surface area contributed by atoms with Crippen LogP contribution in [0.1, 0.15) is 32.1 Å². The van der Waals surface area contributed by atoms with Gasteiger partial charge in [-0.3, -0.25) is 0 Å². The van der Waals surface area contributed by atoms with E-state index in [1.165, 1.54) is 37.7 Å². The number of nitrogens with two attached hydrogens (primary N) is 1. The Labute approximate surface area is 117 Å². The van der Waals surface area contributed by atoms with E-state index in [9.17, 15) is 0 Å². The second-order valence-electron chi connectivity index (χ2n) is 5.72. The molecule has 2 rings (SSSR count). The molecule has 2 heteroatoms. The van der Waals surface area contributed by atoms with Crippen molar-refractivity contribution < 1.29 is 0 Å². The van der Waals surface area contributed by atoms with Gasteiger partial charge in [0.1, 0.15) is 0 Å². The van der Waals surface area contributed by atoms with Crippen molar-refractivity contribution in [2.75, 3.05) is 0 Å². The van der Waals surface area contributed by atoms with Crippen molar-refractivity contribution in [2.45, 2.75) is 50.2 Å². The fraction of sp³-hybridized carbons (Fsp3) is 0.529. The van der Waals surface area contributed by atoms with Crippen LogP contribution in [-0.2, 0) is 0 Å². The van der Waals surface area contributed by atoms with Gasteiger partial charge in [-0.15, -0.1) is 0 Å². The Balaban J connectivity index is 1.82. The van der Waals surface area contributed by atoms with Gasteiger partial charge in [-0.2, -0.15) is 0 Å². The average molecular weight is 258 g/mol. The average Bonchev–Trinajstić information content (AvgIpc) is 3.16. The van der Waals surface area contributed by atoms with Gasteiger partial charge in [0.15, 0.2) is 0 Å². The normalized spacial score (nSPS) is 35.3. The highest BCUT2D eigenvalue weighted by Crippen LogP contribution is 2.39. The molecular weight excluding hydrogens is 232 g/mol. The Morgan fingerprint density at radius 2 is 1.84 bits per heavy atom. The van der Waals surface area contributed by atoms with Crippen molar-refractivity contribution >= 4 is 0 Å². The van der Waals surface area contributed by atoms with Gasteiger partial charge in [0.2, 0.25) is 0 Å². The molecule has 19 heavy (non-hydrogen) atoms. The summed E-state index contributed by atoms with van der Waals surface area (Å²) in [6, 6.07) is 1.74. The summed E-state index contributed by atoms with van der Waals surface area (Å²) in [6.07, 6.45) is 16.0. The van der Waals surface area contributed by atoms with Gasteiger partial charge in [-0.1, -0.05) is 43.5 Å². The van der Waals surface area contributed by atoms with Crippen LogP contribution in [0.25, 0.3) is 0 Å². The molecule has 0 aromatic carbocycles. The van der Waals surface area contributed by atoms with Crippen molar-refractivity contribution in [3.8, 4) is 0 Å². The van der Waals surface area contributed by atoms with E-state index < -0.39 is 0 Å². The number of hydrogen-bond donors (Lipinski definition) is 2. The first-order valence-corrected chi connectivity index (χ1v) is 7.38. The quantitative estimate of drug-likeness (QED) is 0.719. The fourth-order valence-electron chi connectivity index (χ4n) is 2.95. The lowest BCUT2D eigenvalue weighted by atomic mass is 9.92. The van der Waals surface area contributed by atoms with E-state index in [-0.39, 0.29) is 0 Å². The first-order valence-electron chi connectivity index (χ1n) is 7.38. The monoisotopic (exact) mass is 258 g/mol. The first-order chi connectivity index (χ1) is 9.24. The summed E-state index contributed by atoms with van der Waals surface area (Å²) in [5.41, 5.74) is 7.31. The Morgan fingerprint density at radius 1 is 1.11 bits per heavy atom. The van der Waals surface area contributed by atoms with Gasteiger partial charge >= 0.3 is 0 Å². The zero-order valence-corrected chi connectivity index (χ0v) is 11.7. The summed E-state index contributed by atoms with van der Waals surface area (Å²) in [4.78, 5) is 0. The van der Waals surface area contributed by atoms with E-state index in [1.54, 1.807) is 0 Å². The van der Waals surface area contributed by atoms with Crippen molar-refractivity contribution in [3.63, 3.8) is 0 Å². The molecule has 2 aliphatic rings. The van der Waals surface area contributed by atoms with E-state index in [2.05, 4.69) is 30.6 Å². The molecular formula is C17H26N2. The van der Waals surface area contributed by atoms with Gasteiger partial charge in [-0.25, -0.2) is 0 Å². The van der Waals surface area contributed by atoms with Crippen LogP contribution in [-0.4, -0.2) is 18.1 Å². The van der Waals surface area contributed by atoms with Crippen LogP contribution in [0.2, 0.25) is 0 Å². The van der Waals surface area contributed by atoms with E-state index in [0.717, 1.165) is 0 Å². The molecule has 0 saturated heterocycles. The molecule has 0 radical (unpaired) electrons. The van der Waals surface area contributed by atoms with Gasteiger partial charge in [0.05, 0.1) is 0 Å². The molecule has 2 fully saturated rings. The minimum atomic E-state index is 0.430. The van der Waals surface area contributed by atoms with Gasteiger partial charge < -0.3 is 11.1 Å². The minimum Gasteiger partial charge on any atom is -0.328 e. The number of rotatable bonds is 6. The highest BCUT2D eigenvalue weighted by molar-refractivity contribution is 5.33. The summed E-state index contributed by atoms with van der Waals surface area (Å²) >= 11 is 0. The van der Waals surface area contributed by atoms with Crippen molar-refractivity contribution in [2.24, 2.45) is 11.7 Å². The molecule has 3 N–H and O–H groups in total. The molecule has 2 nitrogen and oxygen atoms in total. The molecule has 0 aromatic heterocycles. The summed E-state index contributed by atoms with van der Waals surface area (Å²) in [6.45, 7) is 7.52. The van der Waals surface area contributed by atoms with E-state index in [0.29, 0.717) is 24.0 Å². The molecule has 0 unspecified atom stereocenters. The second kappa shape index (κ2) is 6.88. The summed E-state index contributed by atoms with van der Waals surface area (Å²) in [5, 5.41) is 3.79. The molecule has 2 aliphatic carbocycles. The molecule has 0 heterocycles. The highest BCUT2D eigenvalue weighted by atomic mass is 15.0. The lowest BCUT2D eigenvalue weighted by Crippen LogP contribution is -2.38. The van der Waals surface area contributed by atoms with Crippen LogP contribution in [0.5, 0.6) is 0 Å². The van der Waals surface area contributed by atoms with E-state index in [1.807, 2.05) is 18.2 Å². The van der Waals surface area contributed by atoms with Crippen molar-refractivity contribution in [1.82, 2.24) is 5.32 Å². The predicted octanol–water partition coefficient (Wildman–Crippen LogP) is 3.09. The summed E-state index contributed by atoms with van der Waals surface area (Å²) in [7, 11) is 0. The lowest BCUT2D eigenvalue weighted by Gasteiger charge is -2.27. The van der Waals surface area contributed by atoms with Crippen LogP contribution in [0.15, 0.2) is 49.1 Å². The largest absolute Gasteiger partial charge is 0.328 e. The second-order valence-corrected chi connectivity index (χ2v) is 5.72. The van der Waals surface area contributed by atoms with Gasteiger partial charge in [0.25, 0.3) is 0 Å². The topological polar surface area (TPSA) is 38.0 Å². The summed E-state index contributed by atoms with van der Waals surface area (Å²) in [5.74, 6) is 0.643. The fourth-order valence-corrected chi connectivity index (χ4v) is 2.95. The number of nitrogens with one attached hydrogen (secondary N) is 1. The summed E-state index contributed by atoms with van der Waals surface area (Å²) < 4.78 is 0. The number of hydrogen-bond acceptors (Lipinski definition) is 2. The van der Waals surface area contributed by atoms with E-state index in [4.69, 9.17) is 5.73 Å². The van der Waals surface area contributed by atoms with Crippen LogP contribution in [0.3, 0.4) is 0 Å². The van der Waals surface area contributed by atoms with E-state index >= 15 is 0 Å². The molecule has 0 bridgehead atoms. The first kappa shape index (κ1) is 14.3. The van der Waals surface area contributed by atoms with Crippen LogP contribution in [0, 0.1) is 5.92 Å². The van der Waals surface area contributed by atoms with Gasteiger partial charge in [-0.05, 0) is 37.7 Å². The zero-order chi connectivity index (χ0) is 13.7. The Kier molecular flexibility index (Phi) is 5.17. The molecule has 0 spiro atoms. The standard InChI is InChI=1S/C17H26N2/c1-3-5-7-13(6-4-2)16-12-17(16)19-15-10-8-14(18)9-11-15/h3-7,14-17,19H,1-2,8-12,18H2/b7-5-,13-6+/t14?,15?,16-,17+/m0/s1. The highest BCUT2D eigenvalue weighted by Gasteiger charge is 2.40. The van der Waals surface area contributed by atoms with Crippen LogP contribution in [0.4, 0.5) is 0 Å². The maximum absolute atomic E-state index is 5.95. The molecule has 2 saturated carbocycles. The Morgan fingerprint density at radius 3 is 2.47 bits per heavy atom. The zero-order valence-electron chi connectivity index (χ0n) is 11.7. The van der Waals surface area contributed by atoms with Crippen LogP contribution >= 0.6 is 0 Å². The smallest absolute Gasteiger partial charge is 0.0145 e. The SMILES string of the molecule is C=C/C=C\C(=C/C=C)[C@@H]1C[C@H]1NC1CCC(N)CC1. The third-order valence-electron chi connectivity index (χ3n) is 4.18. The molecule has 0 aromatic rings. The molecule has 2 atom stereocenters. The number of allylic oxidation sites excluding steroid dienone is 5. The molecule has 0 amide bonds. The van der Waals surface area contributed by atoms with Crippen LogP contribution < -0.4 is 11.1 Å². The maximum Gasteiger partial charge on any atom is 0.0145 e. The Bertz CT molecular complexity index is 373.